The second kappa shape index (κ2) is 5.49. The lowest BCUT2D eigenvalue weighted by Crippen LogP contribution is -2.26. The number of hydrogen-bond acceptors (Lipinski definition) is 3. The Morgan fingerprint density at radius 2 is 2.31 bits per heavy atom. The van der Waals surface area contributed by atoms with E-state index in [2.05, 4.69) is 30.7 Å². The zero-order chi connectivity index (χ0) is 12.1. The minimum Gasteiger partial charge on any atom is -0.362 e. The van der Waals surface area contributed by atoms with Gasteiger partial charge < -0.3 is 9.88 Å². The molecule has 0 bridgehead atoms. The van der Waals surface area contributed by atoms with Gasteiger partial charge in [-0.05, 0) is 12.8 Å². The first-order chi connectivity index (χ1) is 7.50. The van der Waals surface area contributed by atoms with Crippen molar-refractivity contribution in [3.8, 4) is 0 Å². The highest BCUT2D eigenvalue weighted by atomic mass is 16.1. The smallest absolute Gasteiger partial charge is 0.293 e. The zero-order valence-corrected chi connectivity index (χ0v) is 10.2. The lowest BCUT2D eigenvalue weighted by atomic mass is 10.2. The van der Waals surface area contributed by atoms with Gasteiger partial charge in [0.05, 0.1) is 0 Å². The van der Waals surface area contributed by atoms with E-state index in [0.717, 1.165) is 5.57 Å². The molecule has 0 unspecified atom stereocenters. The van der Waals surface area contributed by atoms with Crippen LogP contribution in [0.15, 0.2) is 29.3 Å². The van der Waals surface area contributed by atoms with Crippen molar-refractivity contribution in [3.05, 3.63) is 34.9 Å². The average Bonchev–Trinajstić information content (AvgIpc) is 2.18. The molecule has 0 fully saturated rings. The van der Waals surface area contributed by atoms with Crippen molar-refractivity contribution in [1.29, 1.82) is 0 Å². The average molecular weight is 221 g/mol. The third-order valence-corrected chi connectivity index (χ3v) is 2.03. The number of anilines is 1. The molecule has 1 rings (SSSR count). The Morgan fingerprint density at radius 3 is 2.88 bits per heavy atom. The molecule has 4 heteroatoms. The van der Waals surface area contributed by atoms with Gasteiger partial charge in [0, 0.05) is 25.5 Å². The van der Waals surface area contributed by atoms with Crippen LogP contribution in [0.3, 0.4) is 0 Å². The molecule has 88 valence electrons. The van der Waals surface area contributed by atoms with Crippen molar-refractivity contribution in [3.63, 3.8) is 0 Å². The van der Waals surface area contributed by atoms with E-state index < -0.39 is 0 Å². The molecule has 1 aromatic rings. The lowest BCUT2D eigenvalue weighted by molar-refractivity contribution is 0.509. The second-order valence-electron chi connectivity index (χ2n) is 4.44. The van der Waals surface area contributed by atoms with Gasteiger partial charge in [0.2, 0.25) is 0 Å². The van der Waals surface area contributed by atoms with E-state index in [4.69, 9.17) is 0 Å². The first kappa shape index (κ1) is 12.5. The maximum absolute atomic E-state index is 11.9. The summed E-state index contributed by atoms with van der Waals surface area (Å²) in [6.07, 6.45) is 3.36. The molecule has 0 aliphatic rings. The predicted octanol–water partition coefficient (Wildman–Crippen LogP) is 1.89. The van der Waals surface area contributed by atoms with Gasteiger partial charge in [-0.25, -0.2) is 4.98 Å². The summed E-state index contributed by atoms with van der Waals surface area (Å²) in [4.78, 5) is 16.0. The van der Waals surface area contributed by atoms with E-state index in [1.54, 1.807) is 17.0 Å². The molecular weight excluding hydrogens is 202 g/mol. The molecule has 0 spiro atoms. The molecule has 0 aromatic carbocycles. The molecule has 0 atom stereocenters. The van der Waals surface area contributed by atoms with Gasteiger partial charge in [0.15, 0.2) is 5.82 Å². The molecule has 0 radical (unpaired) electrons. The van der Waals surface area contributed by atoms with Gasteiger partial charge in [-0.3, -0.25) is 4.79 Å². The van der Waals surface area contributed by atoms with Gasteiger partial charge in [0.1, 0.15) is 0 Å². The molecule has 1 aromatic heterocycles. The van der Waals surface area contributed by atoms with Crippen LogP contribution in [-0.4, -0.2) is 16.1 Å². The molecule has 0 aliphatic carbocycles. The van der Waals surface area contributed by atoms with E-state index in [-0.39, 0.29) is 5.56 Å². The Labute approximate surface area is 96.0 Å². The summed E-state index contributed by atoms with van der Waals surface area (Å²) in [6.45, 7) is 11.1. The maximum Gasteiger partial charge on any atom is 0.293 e. The third kappa shape index (κ3) is 3.53. The summed E-state index contributed by atoms with van der Waals surface area (Å²) in [7, 11) is 0. The van der Waals surface area contributed by atoms with Crippen molar-refractivity contribution >= 4 is 5.82 Å². The molecule has 0 saturated heterocycles. The van der Waals surface area contributed by atoms with E-state index in [1.165, 1.54) is 0 Å². The predicted molar refractivity (Wildman–Crippen MR) is 66.6 cm³/mol. The van der Waals surface area contributed by atoms with Gasteiger partial charge in [-0.2, -0.15) is 0 Å². The molecule has 4 nitrogen and oxygen atoms in total. The van der Waals surface area contributed by atoms with Crippen LogP contribution < -0.4 is 10.9 Å². The highest BCUT2D eigenvalue weighted by Crippen LogP contribution is 1.99. The Bertz CT molecular complexity index is 421. The number of nitrogens with one attached hydrogen (secondary N) is 1. The van der Waals surface area contributed by atoms with Crippen molar-refractivity contribution in [1.82, 2.24) is 9.55 Å². The van der Waals surface area contributed by atoms with Gasteiger partial charge >= 0.3 is 0 Å². The summed E-state index contributed by atoms with van der Waals surface area (Å²) in [6, 6.07) is 0. The van der Waals surface area contributed by atoms with Crippen LogP contribution in [0.1, 0.15) is 20.8 Å². The fraction of sp³-hybridized carbons (Fsp3) is 0.500. The van der Waals surface area contributed by atoms with Crippen LogP contribution in [-0.2, 0) is 6.54 Å². The van der Waals surface area contributed by atoms with Gasteiger partial charge in [-0.1, -0.05) is 26.0 Å². The molecular formula is C12H19N3O. The largest absolute Gasteiger partial charge is 0.362 e. The second-order valence-corrected chi connectivity index (χ2v) is 4.44. The summed E-state index contributed by atoms with van der Waals surface area (Å²) < 4.78 is 1.68. The molecule has 0 saturated carbocycles. The van der Waals surface area contributed by atoms with Gasteiger partial charge in [0.25, 0.3) is 5.56 Å². The maximum atomic E-state index is 11.9. The van der Waals surface area contributed by atoms with E-state index in [0.29, 0.717) is 24.8 Å². The van der Waals surface area contributed by atoms with Crippen LogP contribution in [0.2, 0.25) is 0 Å². The molecule has 16 heavy (non-hydrogen) atoms. The highest BCUT2D eigenvalue weighted by Gasteiger charge is 2.05. The van der Waals surface area contributed by atoms with Crippen LogP contribution >= 0.6 is 0 Å². The monoisotopic (exact) mass is 221 g/mol. The topological polar surface area (TPSA) is 46.9 Å². The fourth-order valence-corrected chi connectivity index (χ4v) is 1.34. The third-order valence-electron chi connectivity index (χ3n) is 2.03. The van der Waals surface area contributed by atoms with Crippen LogP contribution in [0.4, 0.5) is 5.82 Å². The summed E-state index contributed by atoms with van der Waals surface area (Å²) in [5, 5.41) is 2.98. The standard InChI is InChI=1S/C12H19N3O/c1-9(2)7-14-11-12(16)15(6-5-13-11)8-10(3)4/h5-6,10H,1,7-8H2,2-4H3,(H,13,14). The number of aromatic nitrogens is 2. The molecule has 0 aliphatic heterocycles. The normalized spacial score (nSPS) is 10.5. The van der Waals surface area contributed by atoms with E-state index >= 15 is 0 Å². The SMILES string of the molecule is C=C(C)CNc1nccn(CC(C)C)c1=O. The highest BCUT2D eigenvalue weighted by molar-refractivity contribution is 5.32. The summed E-state index contributed by atoms with van der Waals surface area (Å²) >= 11 is 0. The first-order valence-electron chi connectivity index (χ1n) is 5.44. The molecule has 1 N–H and O–H groups in total. The van der Waals surface area contributed by atoms with Crippen LogP contribution in [0, 0.1) is 5.92 Å². The van der Waals surface area contributed by atoms with Crippen LogP contribution in [0.5, 0.6) is 0 Å². The summed E-state index contributed by atoms with van der Waals surface area (Å²) in [5.74, 6) is 0.834. The Balaban J connectivity index is 2.86. The number of rotatable bonds is 5. The Hall–Kier alpha value is -1.58. The Kier molecular flexibility index (Phi) is 4.28. The van der Waals surface area contributed by atoms with Gasteiger partial charge in [-0.15, -0.1) is 0 Å². The van der Waals surface area contributed by atoms with Crippen molar-refractivity contribution in [2.24, 2.45) is 5.92 Å². The summed E-state index contributed by atoms with van der Waals surface area (Å²) in [5.41, 5.74) is 0.901. The van der Waals surface area contributed by atoms with Crippen molar-refractivity contribution in [2.75, 3.05) is 11.9 Å². The lowest BCUT2D eigenvalue weighted by Gasteiger charge is -2.10. The van der Waals surface area contributed by atoms with Crippen LogP contribution in [0.25, 0.3) is 0 Å². The van der Waals surface area contributed by atoms with Crippen molar-refractivity contribution < 1.29 is 0 Å². The Morgan fingerprint density at radius 1 is 1.62 bits per heavy atom. The molecule has 1 heterocycles. The minimum absolute atomic E-state index is 0.0718. The van der Waals surface area contributed by atoms with E-state index in [9.17, 15) is 4.79 Å². The van der Waals surface area contributed by atoms with Crippen molar-refractivity contribution in [2.45, 2.75) is 27.3 Å². The first-order valence-corrected chi connectivity index (χ1v) is 5.44. The number of hydrogen-bond donors (Lipinski definition) is 1. The van der Waals surface area contributed by atoms with E-state index in [1.807, 2.05) is 6.92 Å². The quantitative estimate of drug-likeness (QED) is 0.772. The minimum atomic E-state index is -0.0718. The fourth-order valence-electron chi connectivity index (χ4n) is 1.34. The molecule has 0 amide bonds. The zero-order valence-electron chi connectivity index (χ0n) is 10.2. The number of nitrogens with zero attached hydrogens (tertiary/aromatic N) is 2.